The van der Waals surface area contributed by atoms with Crippen molar-refractivity contribution >= 4 is 22.4 Å². The number of nitrogens with one attached hydrogen (secondary N) is 1. The molecule has 0 aliphatic heterocycles. The van der Waals surface area contributed by atoms with Crippen LogP contribution < -0.4 is 10.1 Å². The number of anilines is 1. The summed E-state index contributed by atoms with van der Waals surface area (Å²) in [6.07, 6.45) is 0.397. The number of benzene rings is 1. The van der Waals surface area contributed by atoms with Crippen LogP contribution in [0.5, 0.6) is 5.75 Å². The molecule has 1 amide bonds. The molecule has 0 saturated carbocycles. The average Bonchev–Trinajstić information content (AvgIpc) is 3.28. The smallest absolute Gasteiger partial charge is 0.279 e. The van der Waals surface area contributed by atoms with Crippen molar-refractivity contribution in [1.82, 2.24) is 15.4 Å². The van der Waals surface area contributed by atoms with Gasteiger partial charge in [-0.1, -0.05) is 35.5 Å². The van der Waals surface area contributed by atoms with Gasteiger partial charge in [-0.3, -0.25) is 10.1 Å². The monoisotopic (exact) mass is 372 g/mol. The second-order valence-corrected chi connectivity index (χ2v) is 6.90. The fourth-order valence-electron chi connectivity index (χ4n) is 2.29. The Bertz CT molecular complexity index is 919. The van der Waals surface area contributed by atoms with E-state index >= 15 is 0 Å². The number of carbonyl (C=O) groups is 1. The SMILES string of the molecule is CCc1cc(C(=O)Nc2nnc([C@@H](C)Oc3cccc(C)c3C)s2)no1. The molecule has 0 unspecified atom stereocenters. The normalized spacial score (nSPS) is 12.0. The molecule has 1 aromatic carbocycles. The number of aromatic nitrogens is 3. The van der Waals surface area contributed by atoms with Crippen LogP contribution in [0, 0.1) is 13.8 Å². The molecule has 26 heavy (non-hydrogen) atoms. The first-order chi connectivity index (χ1) is 12.5. The summed E-state index contributed by atoms with van der Waals surface area (Å²) < 4.78 is 11.0. The molecule has 0 fully saturated rings. The quantitative estimate of drug-likeness (QED) is 0.701. The maximum absolute atomic E-state index is 12.2. The zero-order valence-electron chi connectivity index (χ0n) is 15.1. The molecule has 0 spiro atoms. The number of hydrogen-bond acceptors (Lipinski definition) is 7. The van der Waals surface area contributed by atoms with Crippen LogP contribution >= 0.6 is 11.3 Å². The van der Waals surface area contributed by atoms with Gasteiger partial charge in [0.05, 0.1) is 0 Å². The van der Waals surface area contributed by atoms with E-state index in [1.54, 1.807) is 6.07 Å². The topological polar surface area (TPSA) is 90.1 Å². The molecule has 7 nitrogen and oxygen atoms in total. The van der Waals surface area contributed by atoms with Gasteiger partial charge in [-0.05, 0) is 38.0 Å². The van der Waals surface area contributed by atoms with E-state index in [0.29, 0.717) is 22.3 Å². The summed E-state index contributed by atoms with van der Waals surface area (Å²) in [7, 11) is 0. The minimum atomic E-state index is -0.376. The Morgan fingerprint density at radius 2 is 2.15 bits per heavy atom. The van der Waals surface area contributed by atoms with E-state index in [1.165, 1.54) is 16.9 Å². The first-order valence-corrected chi connectivity index (χ1v) is 9.12. The lowest BCUT2D eigenvalue weighted by Crippen LogP contribution is -2.11. The molecule has 2 aromatic heterocycles. The first kappa shape index (κ1) is 18.1. The zero-order chi connectivity index (χ0) is 18.7. The molecule has 1 atom stereocenters. The lowest BCUT2D eigenvalue weighted by atomic mass is 10.1. The van der Waals surface area contributed by atoms with E-state index in [0.717, 1.165) is 11.3 Å². The molecule has 0 aliphatic rings. The second-order valence-electron chi connectivity index (χ2n) is 5.89. The molecule has 2 heterocycles. The minimum absolute atomic E-state index is 0.221. The minimum Gasteiger partial charge on any atom is -0.483 e. The first-order valence-electron chi connectivity index (χ1n) is 8.31. The molecule has 3 aromatic rings. The van der Waals surface area contributed by atoms with Gasteiger partial charge in [0, 0.05) is 12.5 Å². The van der Waals surface area contributed by atoms with Crippen LogP contribution in [0.2, 0.25) is 0 Å². The van der Waals surface area contributed by atoms with Crippen LogP contribution in [-0.2, 0) is 6.42 Å². The van der Waals surface area contributed by atoms with Gasteiger partial charge in [-0.15, -0.1) is 10.2 Å². The largest absolute Gasteiger partial charge is 0.483 e. The van der Waals surface area contributed by atoms with Gasteiger partial charge in [-0.2, -0.15) is 0 Å². The molecule has 8 heteroatoms. The van der Waals surface area contributed by atoms with Gasteiger partial charge in [-0.25, -0.2) is 0 Å². The van der Waals surface area contributed by atoms with Crippen molar-refractivity contribution in [3.63, 3.8) is 0 Å². The highest BCUT2D eigenvalue weighted by Crippen LogP contribution is 2.29. The van der Waals surface area contributed by atoms with E-state index in [-0.39, 0.29) is 17.7 Å². The van der Waals surface area contributed by atoms with Crippen LogP contribution in [0.15, 0.2) is 28.8 Å². The Hall–Kier alpha value is -2.74. The molecule has 1 N–H and O–H groups in total. The van der Waals surface area contributed by atoms with Crippen LogP contribution in [0.3, 0.4) is 0 Å². The fourth-order valence-corrected chi connectivity index (χ4v) is 3.01. The van der Waals surface area contributed by atoms with Crippen LogP contribution in [0.25, 0.3) is 0 Å². The fraction of sp³-hybridized carbons (Fsp3) is 0.333. The Kier molecular flexibility index (Phi) is 5.32. The summed E-state index contributed by atoms with van der Waals surface area (Å²) in [5.74, 6) is 1.09. The zero-order valence-corrected chi connectivity index (χ0v) is 15.9. The van der Waals surface area contributed by atoms with Gasteiger partial charge in [0.1, 0.15) is 17.6 Å². The van der Waals surface area contributed by atoms with Crippen molar-refractivity contribution in [2.75, 3.05) is 5.32 Å². The number of ether oxygens (including phenoxy) is 1. The lowest BCUT2D eigenvalue weighted by molar-refractivity contribution is 0.101. The highest BCUT2D eigenvalue weighted by atomic mass is 32.1. The number of aryl methyl sites for hydroxylation is 2. The van der Waals surface area contributed by atoms with Gasteiger partial charge >= 0.3 is 0 Å². The van der Waals surface area contributed by atoms with Crippen LogP contribution in [-0.4, -0.2) is 21.3 Å². The molecular formula is C18H20N4O3S. The van der Waals surface area contributed by atoms with Crippen LogP contribution in [0.1, 0.15) is 52.3 Å². The average molecular weight is 372 g/mol. The van der Waals surface area contributed by atoms with Gasteiger partial charge in [0.2, 0.25) is 5.13 Å². The molecule has 0 bridgehead atoms. The highest BCUT2D eigenvalue weighted by molar-refractivity contribution is 7.15. The summed E-state index contributed by atoms with van der Waals surface area (Å²) in [4.78, 5) is 12.2. The predicted molar refractivity (Wildman–Crippen MR) is 98.7 cm³/mol. The Morgan fingerprint density at radius 1 is 1.35 bits per heavy atom. The number of rotatable bonds is 6. The number of hydrogen-bond donors (Lipinski definition) is 1. The van der Waals surface area contributed by atoms with Crippen molar-refractivity contribution in [2.45, 2.75) is 40.2 Å². The Balaban J connectivity index is 1.67. The van der Waals surface area contributed by atoms with E-state index in [9.17, 15) is 4.79 Å². The molecule has 0 radical (unpaired) electrons. The molecule has 3 rings (SSSR count). The highest BCUT2D eigenvalue weighted by Gasteiger charge is 2.18. The summed E-state index contributed by atoms with van der Waals surface area (Å²) in [6.45, 7) is 7.89. The molecule has 0 aliphatic carbocycles. The summed E-state index contributed by atoms with van der Waals surface area (Å²) in [5.41, 5.74) is 2.48. The van der Waals surface area contributed by atoms with E-state index in [2.05, 4.69) is 20.7 Å². The van der Waals surface area contributed by atoms with Gasteiger partial charge < -0.3 is 9.26 Å². The maximum Gasteiger partial charge on any atom is 0.279 e. The van der Waals surface area contributed by atoms with Crippen molar-refractivity contribution in [3.8, 4) is 5.75 Å². The molecular weight excluding hydrogens is 352 g/mol. The maximum atomic E-state index is 12.2. The van der Waals surface area contributed by atoms with Crippen molar-refractivity contribution in [1.29, 1.82) is 0 Å². The van der Waals surface area contributed by atoms with Crippen molar-refractivity contribution in [2.24, 2.45) is 0 Å². The predicted octanol–water partition coefficient (Wildman–Crippen LogP) is 4.10. The second kappa shape index (κ2) is 7.65. The van der Waals surface area contributed by atoms with Gasteiger partial charge in [0.15, 0.2) is 10.7 Å². The number of amides is 1. The van der Waals surface area contributed by atoms with Crippen molar-refractivity contribution < 1.29 is 14.1 Å². The lowest BCUT2D eigenvalue weighted by Gasteiger charge is -2.14. The summed E-state index contributed by atoms with van der Waals surface area (Å²) >= 11 is 1.27. The third-order valence-corrected chi connectivity index (χ3v) is 5.01. The number of carbonyl (C=O) groups excluding carboxylic acids is 1. The van der Waals surface area contributed by atoms with Crippen LogP contribution in [0.4, 0.5) is 5.13 Å². The van der Waals surface area contributed by atoms with E-state index < -0.39 is 0 Å². The van der Waals surface area contributed by atoms with E-state index in [1.807, 2.05) is 45.9 Å². The number of nitrogens with zero attached hydrogens (tertiary/aromatic N) is 3. The summed E-state index contributed by atoms with van der Waals surface area (Å²) in [5, 5.41) is 15.6. The van der Waals surface area contributed by atoms with E-state index in [4.69, 9.17) is 9.26 Å². The standard InChI is InChI=1S/C18H20N4O3S/c1-5-13-9-14(22-25-13)16(23)19-18-21-20-17(26-18)12(4)24-15-8-6-7-10(2)11(15)3/h6-9,12H,5H2,1-4H3,(H,19,21,23)/t12-/m1/s1. The Morgan fingerprint density at radius 3 is 2.88 bits per heavy atom. The summed E-state index contributed by atoms with van der Waals surface area (Å²) in [6, 6.07) is 7.54. The van der Waals surface area contributed by atoms with Crippen molar-refractivity contribution in [3.05, 3.63) is 51.9 Å². The van der Waals surface area contributed by atoms with Gasteiger partial charge in [0.25, 0.3) is 5.91 Å². The third kappa shape index (κ3) is 3.91. The molecule has 0 saturated heterocycles. The molecule has 136 valence electrons. The third-order valence-electron chi connectivity index (χ3n) is 4.01. The Labute approximate surface area is 155 Å².